The fraction of sp³-hybridized carbons (Fsp3) is 0.0909. The molecular weight excluding hydrogens is 695 g/mol. The second kappa shape index (κ2) is 13.7. The van der Waals surface area contributed by atoms with E-state index in [2.05, 4.69) is 178 Å². The van der Waals surface area contributed by atoms with Gasteiger partial charge in [0.25, 0.3) is 0 Å². The Morgan fingerprint density at radius 2 is 0.604 bits per heavy atom. The summed E-state index contributed by atoms with van der Waals surface area (Å²) in [6.07, 6.45) is 16.9. The molecule has 1 radical (unpaired) electrons. The summed E-state index contributed by atoms with van der Waals surface area (Å²) in [6.45, 7) is 0. The topological polar surface area (TPSA) is 72.9 Å². The molecule has 0 aliphatic carbocycles. The summed E-state index contributed by atoms with van der Waals surface area (Å²) in [7, 11) is 8.31. The van der Waals surface area contributed by atoms with Gasteiger partial charge in [0.2, 0.25) is 22.8 Å². The van der Waals surface area contributed by atoms with Crippen LogP contribution < -0.4 is 18.3 Å². The van der Waals surface area contributed by atoms with E-state index in [0.29, 0.717) is 0 Å². The molecule has 9 heteroatoms. The molecule has 9 heterocycles. The number of H-pyrrole nitrogens is 2. The van der Waals surface area contributed by atoms with Gasteiger partial charge < -0.3 is 9.97 Å². The molecule has 2 aliphatic heterocycles. The van der Waals surface area contributed by atoms with Crippen LogP contribution in [0.15, 0.2) is 122 Å². The summed E-state index contributed by atoms with van der Waals surface area (Å²) in [4.78, 5) is 18.5. The average Bonchev–Trinajstić information content (AvgIpc) is 3.99. The molecule has 2 aliphatic rings. The Hall–Kier alpha value is -6.28. The monoisotopic (exact) mass is 733 g/mol. The van der Waals surface area contributed by atoms with Crippen molar-refractivity contribution in [1.29, 1.82) is 0 Å². The van der Waals surface area contributed by atoms with Gasteiger partial charge in [-0.25, -0.2) is 28.2 Å². The number of nitrogens with zero attached hydrogens (tertiary/aromatic N) is 6. The Morgan fingerprint density at radius 1 is 0.358 bits per heavy atom. The molecule has 9 rings (SSSR count). The Balaban J connectivity index is 0.00000400. The number of aromatic nitrogens is 8. The summed E-state index contributed by atoms with van der Waals surface area (Å²) < 4.78 is 8.59. The zero-order valence-corrected chi connectivity index (χ0v) is 31.1. The van der Waals surface area contributed by atoms with Gasteiger partial charge in [0.1, 0.15) is 28.2 Å². The molecule has 0 aromatic carbocycles. The van der Waals surface area contributed by atoms with Gasteiger partial charge in [-0.3, -0.25) is 0 Å². The van der Waals surface area contributed by atoms with Crippen molar-refractivity contribution in [3.63, 3.8) is 0 Å². The quantitative estimate of drug-likeness (QED) is 0.158. The van der Waals surface area contributed by atoms with Crippen molar-refractivity contribution in [2.24, 2.45) is 28.2 Å². The number of hydrogen-bond donors (Lipinski definition) is 2. The van der Waals surface area contributed by atoms with Gasteiger partial charge in [-0.05, 0) is 72.8 Å². The minimum atomic E-state index is 0. The van der Waals surface area contributed by atoms with E-state index in [1.54, 1.807) is 0 Å². The molecule has 0 saturated carbocycles. The summed E-state index contributed by atoms with van der Waals surface area (Å²) in [5, 5.41) is 0. The van der Waals surface area contributed by atoms with Crippen LogP contribution in [0.4, 0.5) is 0 Å². The molecule has 2 N–H and O–H groups in total. The molecule has 7 aromatic rings. The van der Waals surface area contributed by atoms with Crippen molar-refractivity contribution >= 4 is 46.4 Å². The standard InChI is InChI=1S/C44H37N8.Mn/c1-49-25-9-5-13-37(49)41-29-17-19-31(45-29)42(38-14-6-10-26-50(38)2)33-21-23-35(47-33)44(40-16-8-12-28-52(40)4)36-24-22-34(48-36)43(32-20-18-30(41)46-32)39-15-7-11-27-51(39)3;/h5-28H,1-4H3,(H,45,46,47,48);/q+3;/p+1. The van der Waals surface area contributed by atoms with Crippen molar-refractivity contribution in [3.8, 4) is 45.0 Å². The Labute approximate surface area is 318 Å². The van der Waals surface area contributed by atoms with Crippen LogP contribution in [0.1, 0.15) is 22.8 Å². The van der Waals surface area contributed by atoms with E-state index in [0.717, 1.165) is 89.9 Å². The zero-order chi connectivity index (χ0) is 35.3. The van der Waals surface area contributed by atoms with Crippen LogP contribution in [0.5, 0.6) is 0 Å². The van der Waals surface area contributed by atoms with Gasteiger partial charge in [0.05, 0.1) is 67.1 Å². The number of fused-ring (bicyclic) bond motifs is 8. The van der Waals surface area contributed by atoms with Crippen LogP contribution in [0.2, 0.25) is 0 Å². The SMILES string of the molecule is C[n+]1ccccc1-c1c2nc(c(-c3cccc[n+]3C)c3ccc([nH]3)c(-c3cccc[n+]3C)c3nc(c(-c4cccc[n+]4C)c4ccc1[nH]4)C=C3)C=C2.[Mn]. The van der Waals surface area contributed by atoms with Crippen molar-refractivity contribution in [3.05, 3.63) is 145 Å². The van der Waals surface area contributed by atoms with Gasteiger partial charge in [-0.2, -0.15) is 0 Å². The third kappa shape index (κ3) is 5.90. The minimum absolute atomic E-state index is 0. The Kier molecular flexibility index (Phi) is 8.74. The van der Waals surface area contributed by atoms with Crippen LogP contribution >= 0.6 is 0 Å². The van der Waals surface area contributed by atoms with Gasteiger partial charge in [0.15, 0.2) is 24.8 Å². The van der Waals surface area contributed by atoms with Crippen LogP contribution in [-0.4, -0.2) is 19.9 Å². The van der Waals surface area contributed by atoms with Crippen molar-refractivity contribution in [1.82, 2.24) is 19.9 Å². The average molecular weight is 734 g/mol. The number of nitrogens with one attached hydrogen (secondary N) is 2. The molecule has 8 bridgehead atoms. The molecule has 0 atom stereocenters. The van der Waals surface area contributed by atoms with Crippen LogP contribution in [0, 0.1) is 0 Å². The first-order chi connectivity index (χ1) is 25.4. The second-order valence-corrected chi connectivity index (χ2v) is 13.3. The third-order valence-electron chi connectivity index (χ3n) is 10.00. The first kappa shape index (κ1) is 33.8. The van der Waals surface area contributed by atoms with E-state index in [4.69, 9.17) is 9.97 Å². The van der Waals surface area contributed by atoms with Crippen LogP contribution in [0.3, 0.4) is 0 Å². The molecule has 7 aromatic heterocycles. The number of aromatic amines is 2. The number of aryl methyl sites for hydroxylation is 4. The molecule has 0 unspecified atom stereocenters. The first-order valence-electron chi connectivity index (χ1n) is 17.4. The predicted octanol–water partition coefficient (Wildman–Crippen LogP) is 6.62. The van der Waals surface area contributed by atoms with E-state index in [1.165, 1.54) is 0 Å². The fourth-order valence-electron chi connectivity index (χ4n) is 7.42. The molecule has 0 spiro atoms. The summed E-state index contributed by atoms with van der Waals surface area (Å²) >= 11 is 0. The molecule has 0 amide bonds. The van der Waals surface area contributed by atoms with E-state index in [1.807, 2.05) is 24.3 Å². The minimum Gasteiger partial charge on any atom is -0.354 e. The molecule has 0 fully saturated rings. The van der Waals surface area contributed by atoms with Crippen LogP contribution in [-0.2, 0) is 45.3 Å². The van der Waals surface area contributed by atoms with E-state index in [9.17, 15) is 0 Å². The number of pyridine rings is 4. The number of rotatable bonds is 4. The first-order valence-corrected chi connectivity index (χ1v) is 17.4. The Bertz CT molecular complexity index is 2440. The largest absolute Gasteiger partial charge is 0.354 e. The third-order valence-corrected chi connectivity index (χ3v) is 10.00. The fourth-order valence-corrected chi connectivity index (χ4v) is 7.42. The Morgan fingerprint density at radius 3 is 0.830 bits per heavy atom. The zero-order valence-electron chi connectivity index (χ0n) is 29.9. The van der Waals surface area contributed by atoms with Crippen molar-refractivity contribution in [2.75, 3.05) is 0 Å². The molecule has 0 saturated heterocycles. The molecular formula is C44H38MnN8+4. The summed E-state index contributed by atoms with van der Waals surface area (Å²) in [5.41, 5.74) is 15.6. The smallest absolute Gasteiger partial charge is 0.216 e. The second-order valence-electron chi connectivity index (χ2n) is 13.3. The maximum Gasteiger partial charge on any atom is 0.216 e. The summed E-state index contributed by atoms with van der Waals surface area (Å²) in [6, 6.07) is 33.8. The van der Waals surface area contributed by atoms with Gasteiger partial charge in [-0.15, -0.1) is 0 Å². The van der Waals surface area contributed by atoms with E-state index in [-0.39, 0.29) is 17.1 Å². The maximum absolute atomic E-state index is 5.42. The maximum atomic E-state index is 5.42. The summed E-state index contributed by atoms with van der Waals surface area (Å²) in [5.74, 6) is 0. The van der Waals surface area contributed by atoms with Gasteiger partial charge in [-0.1, -0.05) is 0 Å². The van der Waals surface area contributed by atoms with Gasteiger partial charge in [0, 0.05) is 65.6 Å². The van der Waals surface area contributed by atoms with Gasteiger partial charge >= 0.3 is 0 Å². The molecule has 8 nitrogen and oxygen atoms in total. The van der Waals surface area contributed by atoms with Crippen molar-refractivity contribution in [2.45, 2.75) is 0 Å². The van der Waals surface area contributed by atoms with E-state index < -0.39 is 0 Å². The molecule has 257 valence electrons. The van der Waals surface area contributed by atoms with Crippen molar-refractivity contribution < 1.29 is 35.3 Å². The predicted molar refractivity (Wildman–Crippen MR) is 205 cm³/mol. The normalized spacial score (nSPS) is 11.8. The number of hydrogen-bond acceptors (Lipinski definition) is 2. The van der Waals surface area contributed by atoms with E-state index >= 15 is 0 Å². The van der Waals surface area contributed by atoms with Crippen LogP contribution in [0.25, 0.3) is 91.4 Å². The molecule has 53 heavy (non-hydrogen) atoms.